The van der Waals surface area contributed by atoms with Gasteiger partial charge in [0.1, 0.15) is 17.9 Å². The average molecular weight is 268 g/mol. The van der Waals surface area contributed by atoms with Crippen LogP contribution in [-0.2, 0) is 6.61 Å². The molecule has 0 radical (unpaired) electrons. The van der Waals surface area contributed by atoms with Gasteiger partial charge in [0, 0.05) is 11.3 Å². The molecule has 2 aromatic carbocycles. The first kappa shape index (κ1) is 13.4. The number of rotatable bonds is 4. The summed E-state index contributed by atoms with van der Waals surface area (Å²) in [5.41, 5.74) is 6.89. The van der Waals surface area contributed by atoms with E-state index in [2.05, 4.69) is 6.07 Å². The van der Waals surface area contributed by atoms with Gasteiger partial charge >= 0.3 is 5.97 Å². The second-order valence-corrected chi connectivity index (χ2v) is 4.08. The van der Waals surface area contributed by atoms with Crippen molar-refractivity contribution in [3.05, 3.63) is 59.2 Å². The number of nitrogens with zero attached hydrogens (tertiary/aromatic N) is 1. The lowest BCUT2D eigenvalue weighted by molar-refractivity contribution is 0.0693. The fraction of sp³-hybridized carbons (Fsp3) is 0.0667. The van der Waals surface area contributed by atoms with Gasteiger partial charge in [0.05, 0.1) is 11.6 Å². The minimum absolute atomic E-state index is 0.0676. The standard InChI is InChI=1S/C15H12N2O3/c16-8-10-4-1-2-5-11(10)9-20-13-7-3-6-12(17)14(13)15(18)19/h1-7H,9,17H2,(H,18,19). The Hall–Kier alpha value is -3.00. The van der Waals surface area contributed by atoms with Crippen molar-refractivity contribution in [2.75, 3.05) is 5.73 Å². The largest absolute Gasteiger partial charge is 0.488 e. The first-order chi connectivity index (χ1) is 9.63. The lowest BCUT2D eigenvalue weighted by atomic mass is 10.1. The Morgan fingerprint density at radius 3 is 2.70 bits per heavy atom. The van der Waals surface area contributed by atoms with Crippen LogP contribution in [-0.4, -0.2) is 11.1 Å². The minimum atomic E-state index is -1.15. The summed E-state index contributed by atoms with van der Waals surface area (Å²) < 4.78 is 5.50. The number of aromatic carboxylic acids is 1. The molecule has 2 rings (SSSR count). The number of nitriles is 1. The highest BCUT2D eigenvalue weighted by Gasteiger charge is 2.15. The van der Waals surface area contributed by atoms with E-state index in [1.165, 1.54) is 12.1 Å². The summed E-state index contributed by atoms with van der Waals surface area (Å²) in [5, 5.41) is 18.1. The molecule has 5 nitrogen and oxygen atoms in total. The molecule has 3 N–H and O–H groups in total. The van der Waals surface area contributed by atoms with E-state index in [0.717, 1.165) is 0 Å². The van der Waals surface area contributed by atoms with E-state index in [0.29, 0.717) is 11.1 Å². The van der Waals surface area contributed by atoms with Crippen LogP contribution in [0.2, 0.25) is 0 Å². The molecule has 0 aromatic heterocycles. The van der Waals surface area contributed by atoms with Crippen LogP contribution in [0.25, 0.3) is 0 Å². The Labute approximate surface area is 115 Å². The van der Waals surface area contributed by atoms with E-state index in [9.17, 15) is 4.79 Å². The molecular formula is C15H12N2O3. The summed E-state index contributed by atoms with van der Waals surface area (Å²) in [4.78, 5) is 11.2. The van der Waals surface area contributed by atoms with Crippen LogP contribution in [0.1, 0.15) is 21.5 Å². The summed E-state index contributed by atoms with van der Waals surface area (Å²) in [6, 6.07) is 13.7. The highest BCUT2D eigenvalue weighted by Crippen LogP contribution is 2.25. The number of nitrogen functional groups attached to an aromatic ring is 1. The molecule has 0 aliphatic carbocycles. The van der Waals surface area contributed by atoms with Crippen molar-refractivity contribution in [1.29, 1.82) is 5.26 Å². The lowest BCUT2D eigenvalue weighted by Gasteiger charge is -2.11. The Balaban J connectivity index is 2.26. The molecule has 0 fully saturated rings. The molecule has 0 spiro atoms. The van der Waals surface area contributed by atoms with Gasteiger partial charge in [-0.05, 0) is 18.2 Å². The molecule has 100 valence electrons. The molecular weight excluding hydrogens is 256 g/mol. The molecule has 0 saturated carbocycles. The smallest absolute Gasteiger partial charge is 0.341 e. The third-order valence-corrected chi connectivity index (χ3v) is 2.79. The van der Waals surface area contributed by atoms with Gasteiger partial charge in [-0.1, -0.05) is 24.3 Å². The van der Waals surface area contributed by atoms with Crippen LogP contribution in [0.3, 0.4) is 0 Å². The number of carboxylic acids is 1. The number of anilines is 1. The van der Waals surface area contributed by atoms with Crippen LogP contribution in [0, 0.1) is 11.3 Å². The summed E-state index contributed by atoms with van der Waals surface area (Å²) >= 11 is 0. The second kappa shape index (κ2) is 5.76. The van der Waals surface area contributed by atoms with E-state index in [4.69, 9.17) is 20.8 Å². The van der Waals surface area contributed by atoms with Crippen LogP contribution in [0.5, 0.6) is 5.75 Å². The molecule has 0 atom stereocenters. The topological polar surface area (TPSA) is 96.3 Å². The second-order valence-electron chi connectivity index (χ2n) is 4.08. The number of hydrogen-bond acceptors (Lipinski definition) is 4. The third kappa shape index (κ3) is 2.70. The predicted molar refractivity (Wildman–Crippen MR) is 73.3 cm³/mol. The first-order valence-corrected chi connectivity index (χ1v) is 5.86. The summed E-state index contributed by atoms with van der Waals surface area (Å²) in [5.74, 6) is -0.961. The van der Waals surface area contributed by atoms with Crippen LogP contribution >= 0.6 is 0 Å². The third-order valence-electron chi connectivity index (χ3n) is 2.79. The summed E-state index contributed by atoms with van der Waals surface area (Å²) in [7, 11) is 0. The zero-order valence-electron chi connectivity index (χ0n) is 10.5. The fourth-order valence-corrected chi connectivity index (χ4v) is 1.81. The van der Waals surface area contributed by atoms with Crippen molar-refractivity contribution in [3.8, 4) is 11.8 Å². The number of nitrogens with two attached hydrogens (primary N) is 1. The van der Waals surface area contributed by atoms with Gasteiger partial charge in [0.2, 0.25) is 0 Å². The van der Waals surface area contributed by atoms with Crippen LogP contribution in [0.4, 0.5) is 5.69 Å². The number of carbonyl (C=O) groups is 1. The van der Waals surface area contributed by atoms with Gasteiger partial charge in [-0.25, -0.2) is 4.79 Å². The lowest BCUT2D eigenvalue weighted by Crippen LogP contribution is -2.07. The number of benzene rings is 2. The van der Waals surface area contributed by atoms with E-state index >= 15 is 0 Å². The van der Waals surface area contributed by atoms with E-state index < -0.39 is 5.97 Å². The zero-order chi connectivity index (χ0) is 14.5. The maximum atomic E-state index is 11.2. The molecule has 5 heteroatoms. The molecule has 0 aliphatic heterocycles. The Morgan fingerprint density at radius 1 is 1.25 bits per heavy atom. The molecule has 0 saturated heterocycles. The van der Waals surface area contributed by atoms with Crippen molar-refractivity contribution >= 4 is 11.7 Å². The number of ether oxygens (including phenoxy) is 1. The molecule has 0 aliphatic rings. The van der Waals surface area contributed by atoms with E-state index in [1.54, 1.807) is 30.3 Å². The van der Waals surface area contributed by atoms with Gasteiger partial charge in [0.15, 0.2) is 0 Å². The molecule has 0 heterocycles. The Morgan fingerprint density at radius 2 is 2.00 bits per heavy atom. The van der Waals surface area contributed by atoms with Crippen molar-refractivity contribution in [3.63, 3.8) is 0 Å². The minimum Gasteiger partial charge on any atom is -0.488 e. The average Bonchev–Trinajstić information content (AvgIpc) is 2.45. The van der Waals surface area contributed by atoms with Gasteiger partial charge in [0.25, 0.3) is 0 Å². The van der Waals surface area contributed by atoms with Gasteiger partial charge in [-0.3, -0.25) is 0 Å². The number of carboxylic acid groups (broad SMARTS) is 1. The molecule has 2 aromatic rings. The van der Waals surface area contributed by atoms with Crippen molar-refractivity contribution in [2.45, 2.75) is 6.61 Å². The van der Waals surface area contributed by atoms with Crippen molar-refractivity contribution in [1.82, 2.24) is 0 Å². The highest BCUT2D eigenvalue weighted by atomic mass is 16.5. The van der Waals surface area contributed by atoms with Crippen molar-refractivity contribution in [2.24, 2.45) is 0 Å². The Bertz CT molecular complexity index is 690. The zero-order valence-corrected chi connectivity index (χ0v) is 10.5. The van der Waals surface area contributed by atoms with Crippen LogP contribution < -0.4 is 10.5 Å². The quantitative estimate of drug-likeness (QED) is 0.830. The Kier molecular flexibility index (Phi) is 3.87. The fourth-order valence-electron chi connectivity index (χ4n) is 1.81. The molecule has 20 heavy (non-hydrogen) atoms. The summed E-state index contributed by atoms with van der Waals surface area (Å²) in [6.07, 6.45) is 0. The maximum absolute atomic E-state index is 11.2. The number of hydrogen-bond donors (Lipinski definition) is 2. The predicted octanol–water partition coefficient (Wildman–Crippen LogP) is 2.42. The van der Waals surface area contributed by atoms with Gasteiger partial charge in [-0.15, -0.1) is 0 Å². The molecule has 0 bridgehead atoms. The van der Waals surface area contributed by atoms with Crippen molar-refractivity contribution < 1.29 is 14.6 Å². The molecule has 0 unspecified atom stereocenters. The SMILES string of the molecule is N#Cc1ccccc1COc1cccc(N)c1C(=O)O. The van der Waals surface area contributed by atoms with Crippen LogP contribution in [0.15, 0.2) is 42.5 Å². The van der Waals surface area contributed by atoms with Gasteiger partial charge in [-0.2, -0.15) is 5.26 Å². The van der Waals surface area contributed by atoms with E-state index in [-0.39, 0.29) is 23.6 Å². The normalized spacial score (nSPS) is 9.75. The highest BCUT2D eigenvalue weighted by molar-refractivity contribution is 5.96. The van der Waals surface area contributed by atoms with E-state index in [1.807, 2.05) is 0 Å². The monoisotopic (exact) mass is 268 g/mol. The summed E-state index contributed by atoms with van der Waals surface area (Å²) in [6.45, 7) is 0.105. The molecule has 0 amide bonds. The maximum Gasteiger partial charge on any atom is 0.341 e. The first-order valence-electron chi connectivity index (χ1n) is 5.86. The van der Waals surface area contributed by atoms with Gasteiger partial charge < -0.3 is 15.6 Å².